The molecule has 0 radical (unpaired) electrons. The molecular weight excluding hydrogens is 340 g/mol. The van der Waals surface area contributed by atoms with Crippen LogP contribution in [0, 0.1) is 22.7 Å². The molecule has 3 N–H and O–H groups in total. The van der Waals surface area contributed by atoms with Crippen molar-refractivity contribution in [3.05, 3.63) is 52.9 Å². The molecule has 0 saturated carbocycles. The highest BCUT2D eigenvalue weighted by molar-refractivity contribution is 7.99. The summed E-state index contributed by atoms with van der Waals surface area (Å²) in [7, 11) is 0. The number of nitrogens with zero attached hydrogens (tertiary/aromatic N) is 3. The van der Waals surface area contributed by atoms with Gasteiger partial charge in [0.15, 0.2) is 0 Å². The van der Waals surface area contributed by atoms with Crippen LogP contribution in [0.1, 0.15) is 11.1 Å². The Hall–Kier alpha value is -3.00. The van der Waals surface area contributed by atoms with Crippen LogP contribution in [0.3, 0.4) is 0 Å². The summed E-state index contributed by atoms with van der Waals surface area (Å²) >= 11 is 2.65. The number of aromatic nitrogens is 1. The van der Waals surface area contributed by atoms with E-state index in [1.54, 1.807) is 24.3 Å². The summed E-state index contributed by atoms with van der Waals surface area (Å²) in [5.74, 6) is 0.209. The second-order valence-corrected chi connectivity index (χ2v) is 6.74. The van der Waals surface area contributed by atoms with E-state index in [0.717, 1.165) is 9.77 Å². The van der Waals surface area contributed by atoms with Gasteiger partial charge >= 0.3 is 0 Å². The summed E-state index contributed by atoms with van der Waals surface area (Å²) in [6, 6.07) is 14.5. The Morgan fingerprint density at radius 1 is 1.12 bits per heavy atom. The number of phenols is 1. The number of nitrogens with two attached hydrogens (primary N) is 1. The summed E-state index contributed by atoms with van der Waals surface area (Å²) < 4.78 is 0. The molecule has 5 nitrogen and oxygen atoms in total. The Labute approximate surface area is 146 Å². The van der Waals surface area contributed by atoms with Crippen LogP contribution in [0.2, 0.25) is 0 Å². The number of phenolic OH excluding ortho intramolecular Hbond substituents is 1. The van der Waals surface area contributed by atoms with Crippen molar-refractivity contribution >= 4 is 28.9 Å². The fraction of sp³-hybridized carbons (Fsp3) is 0. The molecule has 3 rings (SSSR count). The van der Waals surface area contributed by atoms with Gasteiger partial charge in [0.2, 0.25) is 0 Å². The van der Waals surface area contributed by atoms with E-state index in [4.69, 9.17) is 5.73 Å². The number of thiophene rings is 1. The fourth-order valence-corrected chi connectivity index (χ4v) is 3.92. The summed E-state index contributed by atoms with van der Waals surface area (Å²) in [6.07, 6.45) is 0. The van der Waals surface area contributed by atoms with E-state index in [1.807, 2.05) is 23.6 Å². The number of hydrogen-bond acceptors (Lipinski definition) is 7. The van der Waals surface area contributed by atoms with Gasteiger partial charge in [0.25, 0.3) is 0 Å². The molecule has 0 aliphatic carbocycles. The van der Waals surface area contributed by atoms with Crippen LogP contribution in [-0.2, 0) is 0 Å². The van der Waals surface area contributed by atoms with Crippen molar-refractivity contribution in [2.24, 2.45) is 0 Å². The third-order valence-corrected chi connectivity index (χ3v) is 5.08. The second-order valence-electron chi connectivity index (χ2n) is 4.73. The predicted octanol–water partition coefficient (Wildman–Crippen LogP) is 3.99. The molecule has 24 heavy (non-hydrogen) atoms. The molecular formula is C17H10N4OS2. The van der Waals surface area contributed by atoms with Gasteiger partial charge in [0.05, 0.1) is 5.56 Å². The molecule has 116 valence electrons. The third kappa shape index (κ3) is 2.91. The van der Waals surface area contributed by atoms with Crippen molar-refractivity contribution in [3.8, 4) is 28.3 Å². The quantitative estimate of drug-likeness (QED) is 0.739. The van der Waals surface area contributed by atoms with Gasteiger partial charge in [-0.15, -0.1) is 11.3 Å². The average molecular weight is 350 g/mol. The zero-order chi connectivity index (χ0) is 17.1. The van der Waals surface area contributed by atoms with Crippen LogP contribution >= 0.6 is 23.1 Å². The Morgan fingerprint density at radius 3 is 2.54 bits per heavy atom. The Kier molecular flexibility index (Phi) is 4.39. The Balaban J connectivity index is 2.21. The van der Waals surface area contributed by atoms with Crippen LogP contribution < -0.4 is 5.73 Å². The predicted molar refractivity (Wildman–Crippen MR) is 93.6 cm³/mol. The zero-order valence-electron chi connectivity index (χ0n) is 12.2. The molecule has 2 aromatic heterocycles. The first kappa shape index (κ1) is 15.9. The molecule has 7 heteroatoms. The van der Waals surface area contributed by atoms with Crippen molar-refractivity contribution in [3.63, 3.8) is 0 Å². The molecule has 0 aliphatic heterocycles. The van der Waals surface area contributed by atoms with E-state index < -0.39 is 0 Å². The summed E-state index contributed by atoms with van der Waals surface area (Å²) in [6.45, 7) is 0. The topological polar surface area (TPSA) is 107 Å². The van der Waals surface area contributed by atoms with Gasteiger partial charge in [-0.3, -0.25) is 0 Å². The van der Waals surface area contributed by atoms with Gasteiger partial charge in [-0.1, -0.05) is 23.9 Å². The third-order valence-electron chi connectivity index (χ3n) is 3.22. The van der Waals surface area contributed by atoms with Gasteiger partial charge in [-0.05, 0) is 29.6 Å². The maximum atomic E-state index is 9.64. The first-order valence-corrected chi connectivity index (χ1v) is 8.48. The molecule has 0 spiro atoms. The lowest BCUT2D eigenvalue weighted by Gasteiger charge is -2.11. The Bertz CT molecular complexity index is 985. The molecule has 3 aromatic rings. The van der Waals surface area contributed by atoms with E-state index >= 15 is 0 Å². The smallest absolute Gasteiger partial charge is 0.143 e. The summed E-state index contributed by atoms with van der Waals surface area (Å²) in [4.78, 5) is 5.74. The highest BCUT2D eigenvalue weighted by Gasteiger charge is 2.21. The van der Waals surface area contributed by atoms with Crippen LogP contribution in [-0.4, -0.2) is 10.1 Å². The maximum Gasteiger partial charge on any atom is 0.143 e. The molecule has 0 unspecified atom stereocenters. The molecule has 0 saturated heterocycles. The van der Waals surface area contributed by atoms with Gasteiger partial charge < -0.3 is 10.8 Å². The van der Waals surface area contributed by atoms with Crippen LogP contribution in [0.4, 0.5) is 5.82 Å². The average Bonchev–Trinajstić information content (AvgIpc) is 3.08. The van der Waals surface area contributed by atoms with Gasteiger partial charge in [-0.2, -0.15) is 10.5 Å². The summed E-state index contributed by atoms with van der Waals surface area (Å²) in [5, 5.41) is 30.9. The van der Waals surface area contributed by atoms with Crippen LogP contribution in [0.5, 0.6) is 5.75 Å². The van der Waals surface area contributed by atoms with E-state index in [9.17, 15) is 15.6 Å². The normalized spacial score (nSPS) is 10.1. The highest BCUT2D eigenvalue weighted by Crippen LogP contribution is 2.39. The fourth-order valence-electron chi connectivity index (χ4n) is 2.20. The lowest BCUT2D eigenvalue weighted by atomic mass is 10.0. The number of nitrogen functional groups attached to an aromatic ring is 1. The maximum absolute atomic E-state index is 9.64. The van der Waals surface area contributed by atoms with Gasteiger partial charge in [0.1, 0.15) is 34.3 Å². The largest absolute Gasteiger partial charge is 0.508 e. The molecule has 2 heterocycles. The minimum absolute atomic E-state index is 0.0857. The number of benzene rings is 1. The first-order valence-electron chi connectivity index (χ1n) is 6.78. The lowest BCUT2D eigenvalue weighted by molar-refractivity contribution is 0.474. The number of nitriles is 2. The number of hydrogen-bond donors (Lipinski definition) is 2. The zero-order valence-corrected chi connectivity index (χ0v) is 13.9. The highest BCUT2D eigenvalue weighted by atomic mass is 32.2. The van der Waals surface area contributed by atoms with Crippen molar-refractivity contribution in [2.45, 2.75) is 9.92 Å². The molecule has 0 aliphatic rings. The van der Waals surface area contributed by atoms with Crippen molar-refractivity contribution in [2.75, 3.05) is 5.73 Å². The number of aromatic hydroxyl groups is 1. The summed E-state index contributed by atoms with van der Waals surface area (Å²) in [5.41, 5.74) is 6.95. The molecule has 0 fully saturated rings. The van der Waals surface area contributed by atoms with E-state index in [-0.39, 0.29) is 17.1 Å². The minimum atomic E-state index is 0.0857. The van der Waals surface area contributed by atoms with Gasteiger partial charge in [-0.25, -0.2) is 4.98 Å². The molecule has 0 atom stereocenters. The Morgan fingerprint density at radius 2 is 1.92 bits per heavy atom. The number of pyridine rings is 1. The molecule has 0 amide bonds. The van der Waals surface area contributed by atoms with E-state index in [2.05, 4.69) is 11.1 Å². The van der Waals surface area contributed by atoms with Crippen LogP contribution in [0.25, 0.3) is 10.4 Å². The minimum Gasteiger partial charge on any atom is -0.508 e. The standard InChI is InChI=1S/C17H10N4OS2/c18-8-12-15(14-5-2-6-23-14)13(9-19)17(21-16(12)20)24-11-4-1-3-10(22)7-11/h1-7,22H,(H2,20,21). The van der Waals surface area contributed by atoms with E-state index in [1.165, 1.54) is 23.1 Å². The number of rotatable bonds is 3. The van der Waals surface area contributed by atoms with Crippen molar-refractivity contribution < 1.29 is 5.11 Å². The first-order chi connectivity index (χ1) is 11.6. The monoisotopic (exact) mass is 350 g/mol. The molecule has 1 aromatic carbocycles. The van der Waals surface area contributed by atoms with E-state index in [0.29, 0.717) is 16.2 Å². The second kappa shape index (κ2) is 6.63. The van der Waals surface area contributed by atoms with Crippen LogP contribution in [0.15, 0.2) is 51.7 Å². The number of anilines is 1. The SMILES string of the molecule is N#Cc1c(N)nc(Sc2cccc(O)c2)c(C#N)c1-c1cccs1. The van der Waals surface area contributed by atoms with Crippen molar-refractivity contribution in [1.29, 1.82) is 10.5 Å². The van der Waals surface area contributed by atoms with Gasteiger partial charge in [0, 0.05) is 15.3 Å². The molecule has 0 bridgehead atoms. The van der Waals surface area contributed by atoms with Crippen molar-refractivity contribution in [1.82, 2.24) is 4.98 Å². The lowest BCUT2D eigenvalue weighted by Crippen LogP contribution is -2.02.